The number of halogens is 1. The third-order valence-electron chi connectivity index (χ3n) is 3.34. The highest BCUT2D eigenvalue weighted by atomic mass is 35.5. The average molecular weight is 255 g/mol. The molecule has 1 heterocycles. The van der Waals surface area contributed by atoms with Gasteiger partial charge in [-0.1, -0.05) is 17.7 Å². The van der Waals surface area contributed by atoms with Gasteiger partial charge < -0.3 is 10.5 Å². The number of nitrogens with zero attached hydrogens (tertiary/aromatic N) is 1. The van der Waals surface area contributed by atoms with Gasteiger partial charge in [0, 0.05) is 37.5 Å². The second kappa shape index (κ2) is 5.71. The Hall–Kier alpha value is -0.770. The van der Waals surface area contributed by atoms with Crippen molar-refractivity contribution in [3.8, 4) is 0 Å². The third kappa shape index (κ3) is 3.35. The van der Waals surface area contributed by atoms with Crippen LogP contribution in [0.2, 0.25) is 5.02 Å². The molecule has 3 nitrogen and oxygen atoms in total. The van der Waals surface area contributed by atoms with Gasteiger partial charge in [0.15, 0.2) is 0 Å². The van der Waals surface area contributed by atoms with Gasteiger partial charge in [-0.3, -0.25) is 4.90 Å². The predicted octanol–water partition coefficient (Wildman–Crippen LogP) is 2.53. The minimum Gasteiger partial charge on any atom is -0.399 e. The number of hydrogen-bond acceptors (Lipinski definition) is 3. The summed E-state index contributed by atoms with van der Waals surface area (Å²) >= 11 is 6.17. The fraction of sp³-hybridized carbons (Fsp3) is 0.538. The number of hydrogen-bond donors (Lipinski definition) is 1. The molecule has 1 saturated heterocycles. The van der Waals surface area contributed by atoms with Crippen LogP contribution in [0, 0.1) is 0 Å². The Morgan fingerprint density at radius 3 is 2.71 bits per heavy atom. The van der Waals surface area contributed by atoms with Crippen LogP contribution in [0.25, 0.3) is 0 Å². The van der Waals surface area contributed by atoms with Crippen molar-refractivity contribution in [3.63, 3.8) is 0 Å². The number of piperidine rings is 1. The topological polar surface area (TPSA) is 38.5 Å². The molecule has 0 amide bonds. The second-order valence-corrected chi connectivity index (χ2v) is 4.97. The first-order valence-electron chi connectivity index (χ1n) is 5.98. The highest BCUT2D eigenvalue weighted by Crippen LogP contribution is 2.22. The standard InChI is InChI=1S/C13H19ClN2O/c1-17-12-4-6-16(7-5-12)9-10-2-3-11(15)8-13(10)14/h2-3,8,12H,4-7,9,15H2,1H3. The molecule has 17 heavy (non-hydrogen) atoms. The molecule has 0 bridgehead atoms. The Morgan fingerprint density at radius 1 is 1.41 bits per heavy atom. The van der Waals surface area contributed by atoms with E-state index in [1.54, 1.807) is 7.11 Å². The van der Waals surface area contributed by atoms with E-state index in [0.717, 1.165) is 48.7 Å². The number of rotatable bonds is 3. The predicted molar refractivity (Wildman–Crippen MR) is 71.2 cm³/mol. The fourth-order valence-corrected chi connectivity index (χ4v) is 2.48. The van der Waals surface area contributed by atoms with Crippen LogP contribution >= 0.6 is 11.6 Å². The van der Waals surface area contributed by atoms with Crippen LogP contribution < -0.4 is 5.73 Å². The van der Waals surface area contributed by atoms with E-state index in [0.29, 0.717) is 6.10 Å². The van der Waals surface area contributed by atoms with Crippen molar-refractivity contribution < 1.29 is 4.74 Å². The molecule has 2 rings (SSSR count). The molecule has 0 saturated carbocycles. The Kier molecular flexibility index (Phi) is 4.26. The molecule has 0 spiro atoms. The van der Waals surface area contributed by atoms with Gasteiger partial charge in [0.25, 0.3) is 0 Å². The van der Waals surface area contributed by atoms with Gasteiger partial charge in [-0.05, 0) is 30.5 Å². The number of benzene rings is 1. The van der Waals surface area contributed by atoms with Crippen molar-refractivity contribution >= 4 is 17.3 Å². The van der Waals surface area contributed by atoms with Crippen LogP contribution in [0.5, 0.6) is 0 Å². The minimum atomic E-state index is 0.424. The quantitative estimate of drug-likeness (QED) is 0.843. The van der Waals surface area contributed by atoms with Crippen LogP contribution in [0.4, 0.5) is 5.69 Å². The largest absolute Gasteiger partial charge is 0.399 e. The molecule has 1 aliphatic heterocycles. The van der Waals surface area contributed by atoms with Gasteiger partial charge >= 0.3 is 0 Å². The molecule has 0 radical (unpaired) electrons. The lowest BCUT2D eigenvalue weighted by molar-refractivity contribution is 0.0389. The number of anilines is 1. The second-order valence-electron chi connectivity index (χ2n) is 4.56. The minimum absolute atomic E-state index is 0.424. The van der Waals surface area contributed by atoms with Crippen LogP contribution in [0.1, 0.15) is 18.4 Å². The van der Waals surface area contributed by atoms with E-state index in [1.165, 1.54) is 0 Å². The highest BCUT2D eigenvalue weighted by Gasteiger charge is 2.19. The SMILES string of the molecule is COC1CCN(Cc2ccc(N)cc2Cl)CC1. The van der Waals surface area contributed by atoms with Crippen molar-refractivity contribution in [2.45, 2.75) is 25.5 Å². The average Bonchev–Trinajstić information content (AvgIpc) is 2.34. The van der Waals surface area contributed by atoms with Crippen LogP contribution in [0.3, 0.4) is 0 Å². The van der Waals surface area contributed by atoms with Crippen molar-refractivity contribution in [1.82, 2.24) is 4.90 Å². The summed E-state index contributed by atoms with van der Waals surface area (Å²) in [6.45, 7) is 3.04. The van der Waals surface area contributed by atoms with E-state index in [2.05, 4.69) is 4.90 Å². The van der Waals surface area contributed by atoms with Crippen LogP contribution in [-0.4, -0.2) is 31.2 Å². The first-order valence-corrected chi connectivity index (χ1v) is 6.36. The number of nitrogen functional groups attached to an aromatic ring is 1. The monoisotopic (exact) mass is 254 g/mol. The Morgan fingerprint density at radius 2 is 2.12 bits per heavy atom. The van der Waals surface area contributed by atoms with Gasteiger partial charge in [-0.2, -0.15) is 0 Å². The lowest BCUT2D eigenvalue weighted by atomic mass is 10.1. The number of ether oxygens (including phenoxy) is 1. The lowest BCUT2D eigenvalue weighted by Gasteiger charge is -2.31. The molecule has 94 valence electrons. The van der Waals surface area contributed by atoms with Gasteiger partial charge in [-0.15, -0.1) is 0 Å². The van der Waals surface area contributed by atoms with E-state index in [9.17, 15) is 0 Å². The van der Waals surface area contributed by atoms with Gasteiger partial charge in [0.05, 0.1) is 6.10 Å². The summed E-state index contributed by atoms with van der Waals surface area (Å²) in [5, 5.41) is 0.763. The molecule has 1 fully saturated rings. The molecule has 0 atom stereocenters. The summed E-state index contributed by atoms with van der Waals surface area (Å²) in [7, 11) is 1.79. The highest BCUT2D eigenvalue weighted by molar-refractivity contribution is 6.31. The Balaban J connectivity index is 1.93. The molecule has 0 aliphatic carbocycles. The molecule has 1 aliphatic rings. The van der Waals surface area contributed by atoms with Crippen LogP contribution in [0.15, 0.2) is 18.2 Å². The number of nitrogens with two attached hydrogens (primary N) is 1. The van der Waals surface area contributed by atoms with Crippen molar-refractivity contribution in [3.05, 3.63) is 28.8 Å². The third-order valence-corrected chi connectivity index (χ3v) is 3.69. The molecule has 2 N–H and O–H groups in total. The van der Waals surface area contributed by atoms with Gasteiger partial charge in [0.1, 0.15) is 0 Å². The van der Waals surface area contributed by atoms with Gasteiger partial charge in [-0.25, -0.2) is 0 Å². The zero-order valence-corrected chi connectivity index (χ0v) is 10.9. The molecule has 4 heteroatoms. The Bertz CT molecular complexity index is 376. The maximum absolute atomic E-state index is 6.17. The molecule has 1 aromatic rings. The molecular weight excluding hydrogens is 236 g/mol. The van der Waals surface area contributed by atoms with Crippen LogP contribution in [-0.2, 0) is 11.3 Å². The first-order chi connectivity index (χ1) is 8.19. The zero-order valence-electron chi connectivity index (χ0n) is 10.2. The summed E-state index contributed by atoms with van der Waals surface area (Å²) in [5.41, 5.74) is 7.55. The van der Waals surface area contributed by atoms with E-state index in [4.69, 9.17) is 22.1 Å². The van der Waals surface area contributed by atoms with E-state index < -0.39 is 0 Å². The van der Waals surface area contributed by atoms with Crippen molar-refractivity contribution in [2.75, 3.05) is 25.9 Å². The van der Waals surface area contributed by atoms with Crippen molar-refractivity contribution in [2.24, 2.45) is 0 Å². The number of likely N-dealkylation sites (tertiary alicyclic amines) is 1. The molecule has 1 aromatic carbocycles. The maximum Gasteiger partial charge on any atom is 0.0595 e. The molecular formula is C13H19ClN2O. The van der Waals surface area contributed by atoms with Crippen molar-refractivity contribution in [1.29, 1.82) is 0 Å². The molecule has 0 unspecified atom stereocenters. The summed E-state index contributed by atoms with van der Waals surface area (Å²) in [5.74, 6) is 0. The fourth-order valence-electron chi connectivity index (χ4n) is 2.24. The maximum atomic E-state index is 6.17. The zero-order chi connectivity index (χ0) is 12.3. The summed E-state index contributed by atoms with van der Waals surface area (Å²) in [4.78, 5) is 2.41. The summed E-state index contributed by atoms with van der Waals surface area (Å²) < 4.78 is 5.36. The smallest absolute Gasteiger partial charge is 0.0595 e. The Labute approximate surface area is 107 Å². The molecule has 0 aromatic heterocycles. The van der Waals surface area contributed by atoms with Gasteiger partial charge in [0.2, 0.25) is 0 Å². The first kappa shape index (κ1) is 12.7. The summed E-state index contributed by atoms with van der Waals surface area (Å²) in [6.07, 6.45) is 2.62. The lowest BCUT2D eigenvalue weighted by Crippen LogP contribution is -2.36. The summed E-state index contributed by atoms with van der Waals surface area (Å²) in [6, 6.07) is 5.74. The van der Waals surface area contributed by atoms with E-state index in [1.807, 2.05) is 18.2 Å². The van der Waals surface area contributed by atoms with E-state index in [-0.39, 0.29) is 0 Å². The normalized spacial score (nSPS) is 18.5. The number of methoxy groups -OCH3 is 1. The van der Waals surface area contributed by atoms with E-state index >= 15 is 0 Å².